The van der Waals surface area contributed by atoms with Gasteiger partial charge in [0, 0.05) is 87.6 Å². The molecule has 0 saturated carbocycles. The van der Waals surface area contributed by atoms with E-state index < -0.39 is 0 Å². The van der Waals surface area contributed by atoms with Gasteiger partial charge in [-0.1, -0.05) is 149 Å². The molecular weight excluding hydrogens is 793 g/mol. The fourth-order valence-corrected chi connectivity index (χ4v) is 6.12. The first-order chi connectivity index (χ1) is 27.9. The maximum atomic E-state index is 5.08. The Morgan fingerprint density at radius 2 is 1.06 bits per heavy atom. The second-order valence-corrected chi connectivity index (χ2v) is 23.2. The van der Waals surface area contributed by atoms with Crippen LogP contribution in [0.1, 0.15) is 201 Å². The minimum absolute atomic E-state index is 0.0846. The first-order valence-electron chi connectivity index (χ1n) is 21.7. The number of rotatable bonds is 1. The van der Waals surface area contributed by atoms with Gasteiger partial charge in [-0.05, 0) is 32.9 Å². The highest BCUT2D eigenvalue weighted by Gasteiger charge is 2.24. The quantitative estimate of drug-likeness (QED) is 0.159. The molecule has 6 aromatic heterocycles. The van der Waals surface area contributed by atoms with Gasteiger partial charge in [-0.15, -0.1) is 11.3 Å². The summed E-state index contributed by atoms with van der Waals surface area (Å²) in [6.07, 6.45) is 5.11. The van der Waals surface area contributed by atoms with Crippen molar-refractivity contribution in [3.8, 4) is 0 Å². The summed E-state index contributed by atoms with van der Waals surface area (Å²) >= 11 is 1.72. The second kappa shape index (κ2) is 22.3. The van der Waals surface area contributed by atoms with Gasteiger partial charge < -0.3 is 13.5 Å². The highest BCUT2D eigenvalue weighted by atomic mass is 32.1. The molecule has 0 radical (unpaired) electrons. The average Bonchev–Trinajstić information content (AvgIpc) is 3.93. The highest BCUT2D eigenvalue weighted by Crippen LogP contribution is 2.28. The van der Waals surface area contributed by atoms with Crippen molar-refractivity contribution in [3.05, 3.63) is 105 Å². The molecule has 0 spiro atoms. The lowest BCUT2D eigenvalue weighted by atomic mass is 9.88. The summed E-state index contributed by atoms with van der Waals surface area (Å²) in [5.74, 6) is 3.05. The number of hydrogen-bond acceptors (Lipinski definition) is 10. The summed E-state index contributed by atoms with van der Waals surface area (Å²) < 4.78 is 19.0. The van der Waals surface area contributed by atoms with Crippen LogP contribution in [0.4, 0.5) is 0 Å². The van der Waals surface area contributed by atoms with E-state index in [2.05, 4.69) is 167 Å². The molecule has 0 N–H and O–H groups in total. The SMILES string of the molecule is CC(C)(C)c1nccs1.CC(C)c1ncco1.Cc1cc(C(C)(C)C)n(C)n1.Cc1cc(C(C)(C)C)no1.Cc1cc(C(C)(C)C)on1.Cn1nc(C(C)(C)C)cc1C(C)(C)C. The monoisotopic (exact) mass is 877 g/mol. The molecule has 62 heavy (non-hydrogen) atoms. The molecule has 348 valence electrons. The van der Waals surface area contributed by atoms with E-state index in [0.717, 1.165) is 34.5 Å². The van der Waals surface area contributed by atoms with E-state index in [0.29, 0.717) is 5.92 Å². The Labute approximate surface area is 379 Å². The molecule has 0 aromatic carbocycles. The van der Waals surface area contributed by atoms with Crippen molar-refractivity contribution in [2.24, 2.45) is 14.1 Å². The van der Waals surface area contributed by atoms with E-state index in [1.807, 2.05) is 81.8 Å². The van der Waals surface area contributed by atoms with Crippen LogP contribution in [0, 0.1) is 20.8 Å². The maximum absolute atomic E-state index is 5.08. The number of aromatic nitrogens is 8. The van der Waals surface area contributed by atoms with Crippen molar-refractivity contribution >= 4 is 11.3 Å². The Morgan fingerprint density at radius 3 is 1.27 bits per heavy atom. The van der Waals surface area contributed by atoms with Crippen molar-refractivity contribution in [1.82, 2.24) is 39.8 Å². The van der Waals surface area contributed by atoms with Crippen LogP contribution in [0.15, 0.2) is 61.8 Å². The summed E-state index contributed by atoms with van der Waals surface area (Å²) in [6, 6.07) is 8.31. The summed E-state index contributed by atoms with van der Waals surface area (Å²) in [5, 5.41) is 19.8. The fourth-order valence-electron chi connectivity index (χ4n) is 5.40. The van der Waals surface area contributed by atoms with E-state index in [1.54, 1.807) is 23.8 Å². The lowest BCUT2D eigenvalue weighted by Crippen LogP contribution is -2.16. The third-order valence-corrected chi connectivity index (χ3v) is 10.2. The Bertz CT molecular complexity index is 2070. The lowest BCUT2D eigenvalue weighted by Gasteiger charge is -2.18. The molecule has 0 bridgehead atoms. The van der Waals surface area contributed by atoms with Crippen LogP contribution in [-0.4, -0.2) is 39.8 Å². The Morgan fingerprint density at radius 1 is 0.532 bits per heavy atom. The molecule has 12 heteroatoms. The van der Waals surface area contributed by atoms with E-state index in [9.17, 15) is 0 Å². The molecule has 0 fully saturated rings. The van der Waals surface area contributed by atoms with Gasteiger partial charge in [0.2, 0.25) is 0 Å². The first-order valence-corrected chi connectivity index (χ1v) is 22.6. The van der Waals surface area contributed by atoms with E-state index in [4.69, 9.17) is 13.5 Å². The van der Waals surface area contributed by atoms with Gasteiger partial charge in [0.25, 0.3) is 0 Å². The van der Waals surface area contributed by atoms with Gasteiger partial charge in [-0.3, -0.25) is 9.36 Å². The molecule has 0 amide bonds. The van der Waals surface area contributed by atoms with Crippen LogP contribution in [0.3, 0.4) is 0 Å². The molecule has 6 aromatic rings. The molecule has 0 unspecified atom stereocenters. The fraction of sp³-hybridized carbons (Fsp3) is 0.640. The predicted octanol–water partition coefficient (Wildman–Crippen LogP) is 13.8. The molecule has 6 heterocycles. The lowest BCUT2D eigenvalue weighted by molar-refractivity contribution is 0.327. The van der Waals surface area contributed by atoms with Gasteiger partial charge in [0.05, 0.1) is 34.0 Å². The van der Waals surface area contributed by atoms with Crippen LogP contribution < -0.4 is 0 Å². The van der Waals surface area contributed by atoms with Crippen LogP contribution in [0.2, 0.25) is 0 Å². The second-order valence-electron chi connectivity index (χ2n) is 22.4. The van der Waals surface area contributed by atoms with Crippen molar-refractivity contribution in [2.75, 3.05) is 0 Å². The number of oxazole rings is 1. The largest absolute Gasteiger partial charge is 0.449 e. The van der Waals surface area contributed by atoms with Gasteiger partial charge in [0.1, 0.15) is 17.8 Å². The Balaban J connectivity index is 0.000000375. The highest BCUT2D eigenvalue weighted by molar-refractivity contribution is 7.09. The van der Waals surface area contributed by atoms with Gasteiger partial charge in [-0.25, -0.2) is 9.97 Å². The molecule has 11 nitrogen and oxygen atoms in total. The Kier molecular flexibility index (Phi) is 20.1. The molecule has 0 aliphatic rings. The van der Waals surface area contributed by atoms with Crippen molar-refractivity contribution in [1.29, 1.82) is 0 Å². The number of aryl methyl sites for hydroxylation is 5. The molecule has 0 aliphatic heterocycles. The summed E-state index contributed by atoms with van der Waals surface area (Å²) in [7, 11) is 4.02. The van der Waals surface area contributed by atoms with Crippen molar-refractivity contribution in [2.45, 2.75) is 198 Å². The number of nitrogens with zero attached hydrogens (tertiary/aromatic N) is 8. The van der Waals surface area contributed by atoms with Gasteiger partial charge in [-0.2, -0.15) is 10.2 Å². The molecule has 0 atom stereocenters. The first kappa shape index (κ1) is 55.7. The minimum Gasteiger partial charge on any atom is -0.449 e. The predicted molar refractivity (Wildman–Crippen MR) is 259 cm³/mol. The third-order valence-electron chi connectivity index (χ3n) is 8.97. The molecule has 0 saturated heterocycles. The van der Waals surface area contributed by atoms with Crippen molar-refractivity contribution in [3.63, 3.8) is 0 Å². The normalized spacial score (nSPS) is 12.1. The van der Waals surface area contributed by atoms with E-state index in [1.165, 1.54) is 22.1 Å². The van der Waals surface area contributed by atoms with Gasteiger partial charge in [0.15, 0.2) is 5.89 Å². The standard InChI is InChI=1S/C12H22N2.C9H16N2.2C8H13NO.C7H11NS.C6H9NO/c1-11(2,3)9-8-10(12(4,5)6)14(7)13-9;1-7-6-8(9(2,3)4)11(5)10-7;1-6-5-7(9-10-6)8(2,3)4;1-6-5-7(10-9-6)8(2,3)4;1-7(2,3)6-8-4-5-9-6;1-5(2)6-7-3-4-8-6/h8H,1-7H3;6H,1-5H3;2*5H,1-4H3;4-5H,1-3H3;3-5H,1-2H3. The van der Waals surface area contributed by atoms with Crippen LogP contribution in [0.5, 0.6) is 0 Å². The van der Waals surface area contributed by atoms with Crippen LogP contribution in [0.25, 0.3) is 0 Å². The van der Waals surface area contributed by atoms with Crippen LogP contribution >= 0.6 is 11.3 Å². The molecular formula is C50H84N8O3S. The van der Waals surface area contributed by atoms with Crippen molar-refractivity contribution < 1.29 is 13.5 Å². The van der Waals surface area contributed by atoms with Crippen LogP contribution in [-0.2, 0) is 46.6 Å². The zero-order valence-corrected chi connectivity index (χ0v) is 44.2. The van der Waals surface area contributed by atoms with E-state index in [-0.39, 0.29) is 32.5 Å². The maximum Gasteiger partial charge on any atom is 0.196 e. The minimum atomic E-state index is 0.0846. The molecule has 6 rings (SSSR count). The zero-order valence-electron chi connectivity index (χ0n) is 43.4. The summed E-state index contributed by atoms with van der Waals surface area (Å²) in [5.41, 5.74) is 7.75. The third kappa shape index (κ3) is 19.8. The number of thiazole rings is 1. The topological polar surface area (TPSA) is 127 Å². The average molecular weight is 877 g/mol. The van der Waals surface area contributed by atoms with Gasteiger partial charge >= 0.3 is 0 Å². The van der Waals surface area contributed by atoms with E-state index >= 15 is 0 Å². The smallest absolute Gasteiger partial charge is 0.196 e. The summed E-state index contributed by atoms with van der Waals surface area (Å²) in [4.78, 5) is 8.16. The molecule has 0 aliphatic carbocycles. The Hall–Kier alpha value is -4.32. The zero-order chi connectivity index (χ0) is 48.2. The summed E-state index contributed by atoms with van der Waals surface area (Å²) in [6.45, 7) is 49.0. The number of hydrogen-bond donors (Lipinski definition) is 0.